The first kappa shape index (κ1) is 22.5. The van der Waals surface area contributed by atoms with Crippen molar-refractivity contribution in [2.24, 2.45) is 11.8 Å². The molecule has 3 fully saturated rings. The molecule has 1 saturated heterocycles. The maximum Gasteiger partial charge on any atom is 0.217 e. The minimum atomic E-state index is -3.42. The Morgan fingerprint density at radius 3 is 2.18 bits per heavy atom. The number of piperidine rings is 1. The van der Waals surface area contributed by atoms with Crippen LogP contribution in [0.3, 0.4) is 0 Å². The van der Waals surface area contributed by atoms with Gasteiger partial charge in [-0.2, -0.15) is 4.31 Å². The zero-order valence-corrected chi connectivity index (χ0v) is 19.0. The van der Waals surface area contributed by atoms with Crippen LogP contribution in [-0.4, -0.2) is 64.0 Å². The van der Waals surface area contributed by atoms with Gasteiger partial charge in [0.1, 0.15) is 0 Å². The molecule has 2 saturated carbocycles. The lowest BCUT2D eigenvalue weighted by atomic mass is 9.80. The third-order valence-electron chi connectivity index (χ3n) is 6.53. The van der Waals surface area contributed by atoms with E-state index in [-0.39, 0.29) is 18.0 Å². The van der Waals surface area contributed by atoms with Crippen LogP contribution in [0.4, 0.5) is 0 Å². The topological polar surface area (TPSA) is 92.8 Å². The summed E-state index contributed by atoms with van der Waals surface area (Å²) in [6.45, 7) is 5.23. The van der Waals surface area contributed by atoms with Crippen molar-refractivity contribution in [1.82, 2.24) is 9.03 Å². The molecule has 1 heterocycles. The Bertz CT molecular complexity index is 725. The van der Waals surface area contributed by atoms with Gasteiger partial charge in [-0.25, -0.2) is 21.6 Å². The van der Waals surface area contributed by atoms with Gasteiger partial charge < -0.3 is 4.74 Å². The van der Waals surface area contributed by atoms with Crippen LogP contribution in [0.1, 0.15) is 65.2 Å². The van der Waals surface area contributed by atoms with Crippen molar-refractivity contribution >= 4 is 20.0 Å². The van der Waals surface area contributed by atoms with Gasteiger partial charge in [0.2, 0.25) is 20.0 Å². The van der Waals surface area contributed by atoms with Crippen LogP contribution in [0.15, 0.2) is 0 Å². The molecule has 7 nitrogen and oxygen atoms in total. The summed E-state index contributed by atoms with van der Waals surface area (Å²) in [4.78, 5) is 0. The summed E-state index contributed by atoms with van der Waals surface area (Å²) >= 11 is 0. The molecule has 0 radical (unpaired) electrons. The Morgan fingerprint density at radius 1 is 1.00 bits per heavy atom. The normalized spacial score (nSPS) is 33.3. The SMILES string of the molecule is CC(C)C1CCC(OC[C@H]2[C@@H](NS(C)(=O)=O)CCCN2S(=O)(=O)C2CC2)CC1. The maximum atomic E-state index is 12.9. The Hall–Kier alpha value is -0.220. The molecule has 28 heavy (non-hydrogen) atoms. The van der Waals surface area contributed by atoms with E-state index in [1.165, 1.54) is 4.31 Å². The standard InChI is InChI=1S/C19H36N2O5S2/c1-14(2)15-6-8-16(9-7-15)26-13-19-18(20-27(3,22)23)5-4-12-21(19)28(24,25)17-10-11-17/h14-20H,4-13H2,1-3H3/t15?,16?,18-,19-/m0/s1. The molecule has 0 amide bonds. The quantitative estimate of drug-likeness (QED) is 0.629. The third-order valence-corrected chi connectivity index (χ3v) is 9.68. The summed E-state index contributed by atoms with van der Waals surface area (Å²) < 4.78 is 59.9. The van der Waals surface area contributed by atoms with E-state index in [1.807, 2.05) is 0 Å². The van der Waals surface area contributed by atoms with E-state index in [0.717, 1.165) is 37.9 Å². The van der Waals surface area contributed by atoms with Crippen molar-refractivity contribution in [2.45, 2.75) is 88.7 Å². The first-order chi connectivity index (χ1) is 13.1. The van der Waals surface area contributed by atoms with Crippen LogP contribution in [-0.2, 0) is 24.8 Å². The van der Waals surface area contributed by atoms with Crippen LogP contribution in [0.5, 0.6) is 0 Å². The van der Waals surface area contributed by atoms with Crippen LogP contribution in [0.2, 0.25) is 0 Å². The van der Waals surface area contributed by atoms with Gasteiger partial charge >= 0.3 is 0 Å². The van der Waals surface area contributed by atoms with E-state index in [4.69, 9.17) is 4.74 Å². The highest BCUT2D eigenvalue weighted by Gasteiger charge is 2.46. The summed E-state index contributed by atoms with van der Waals surface area (Å²) in [5.41, 5.74) is 0. The zero-order valence-electron chi connectivity index (χ0n) is 17.3. The molecule has 2 atom stereocenters. The molecule has 164 valence electrons. The third kappa shape index (κ3) is 5.68. The molecule has 1 aliphatic heterocycles. The van der Waals surface area contributed by atoms with Crippen LogP contribution in [0, 0.1) is 11.8 Å². The highest BCUT2D eigenvalue weighted by Crippen LogP contribution is 2.35. The molecule has 3 aliphatic rings. The Kier molecular flexibility index (Phi) is 7.12. The van der Waals surface area contributed by atoms with Crippen molar-refractivity contribution in [3.05, 3.63) is 0 Å². The Labute approximate surface area is 170 Å². The summed E-state index contributed by atoms with van der Waals surface area (Å²) in [5, 5.41) is -0.298. The fourth-order valence-electron chi connectivity index (χ4n) is 4.67. The van der Waals surface area contributed by atoms with E-state index in [0.29, 0.717) is 38.1 Å². The number of sulfonamides is 2. The molecule has 0 spiro atoms. The van der Waals surface area contributed by atoms with Crippen molar-refractivity contribution < 1.29 is 21.6 Å². The van der Waals surface area contributed by atoms with E-state index < -0.39 is 32.1 Å². The molecule has 0 aromatic heterocycles. The van der Waals surface area contributed by atoms with Crippen molar-refractivity contribution in [2.75, 3.05) is 19.4 Å². The van der Waals surface area contributed by atoms with E-state index in [1.54, 1.807) is 0 Å². The lowest BCUT2D eigenvalue weighted by molar-refractivity contribution is -0.0173. The van der Waals surface area contributed by atoms with Gasteiger partial charge in [0, 0.05) is 12.6 Å². The summed E-state index contributed by atoms with van der Waals surface area (Å²) in [7, 11) is -6.80. The summed E-state index contributed by atoms with van der Waals surface area (Å²) in [6, 6.07) is -0.888. The molecular weight excluding hydrogens is 400 g/mol. The minimum Gasteiger partial charge on any atom is -0.376 e. The first-order valence-electron chi connectivity index (χ1n) is 10.7. The molecule has 0 bridgehead atoms. The predicted molar refractivity (Wildman–Crippen MR) is 110 cm³/mol. The largest absolute Gasteiger partial charge is 0.376 e. The summed E-state index contributed by atoms with van der Waals surface area (Å²) in [6.07, 6.45) is 8.25. The smallest absolute Gasteiger partial charge is 0.217 e. The van der Waals surface area contributed by atoms with Crippen LogP contribution in [0.25, 0.3) is 0 Å². The number of rotatable bonds is 8. The van der Waals surface area contributed by atoms with E-state index >= 15 is 0 Å². The van der Waals surface area contributed by atoms with Gasteiger partial charge in [0.15, 0.2) is 0 Å². The van der Waals surface area contributed by atoms with Gasteiger partial charge in [0.25, 0.3) is 0 Å². The van der Waals surface area contributed by atoms with Gasteiger partial charge in [0.05, 0.1) is 30.3 Å². The molecule has 2 aliphatic carbocycles. The highest BCUT2D eigenvalue weighted by molar-refractivity contribution is 7.90. The monoisotopic (exact) mass is 436 g/mol. The Balaban J connectivity index is 1.68. The van der Waals surface area contributed by atoms with Crippen molar-refractivity contribution in [1.29, 1.82) is 0 Å². The lowest BCUT2D eigenvalue weighted by Gasteiger charge is -2.41. The van der Waals surface area contributed by atoms with Crippen molar-refractivity contribution in [3.63, 3.8) is 0 Å². The van der Waals surface area contributed by atoms with Gasteiger partial charge in [-0.3, -0.25) is 0 Å². The molecule has 0 aromatic rings. The van der Waals surface area contributed by atoms with Crippen molar-refractivity contribution in [3.8, 4) is 0 Å². The average molecular weight is 437 g/mol. The Morgan fingerprint density at radius 2 is 1.64 bits per heavy atom. The average Bonchev–Trinajstić information content (AvgIpc) is 3.45. The van der Waals surface area contributed by atoms with Gasteiger partial charge in [-0.05, 0) is 63.2 Å². The lowest BCUT2D eigenvalue weighted by Crippen LogP contribution is -2.59. The number of hydrogen-bond acceptors (Lipinski definition) is 5. The molecule has 0 unspecified atom stereocenters. The van der Waals surface area contributed by atoms with Gasteiger partial charge in [-0.15, -0.1) is 0 Å². The van der Waals surface area contributed by atoms with Crippen LogP contribution < -0.4 is 4.72 Å². The second kappa shape index (κ2) is 8.88. The van der Waals surface area contributed by atoms with E-state index in [9.17, 15) is 16.8 Å². The maximum absolute atomic E-state index is 12.9. The fraction of sp³-hybridized carbons (Fsp3) is 1.00. The second-order valence-corrected chi connectivity index (χ2v) is 13.1. The predicted octanol–water partition coefficient (Wildman–Crippen LogP) is 2.09. The van der Waals surface area contributed by atoms with Gasteiger partial charge in [-0.1, -0.05) is 13.8 Å². The molecule has 9 heteroatoms. The number of ether oxygens (including phenoxy) is 1. The highest BCUT2D eigenvalue weighted by atomic mass is 32.2. The first-order valence-corrected chi connectivity index (χ1v) is 14.1. The molecule has 1 N–H and O–H groups in total. The van der Waals surface area contributed by atoms with E-state index in [2.05, 4.69) is 18.6 Å². The second-order valence-electron chi connectivity index (χ2n) is 9.18. The summed E-state index contributed by atoms with van der Waals surface area (Å²) in [5.74, 6) is 1.42. The number of nitrogens with zero attached hydrogens (tertiary/aromatic N) is 1. The number of hydrogen-bond donors (Lipinski definition) is 1. The fourth-order valence-corrected chi connectivity index (χ4v) is 7.58. The van der Waals surface area contributed by atoms with Crippen LogP contribution >= 0.6 is 0 Å². The molecule has 3 rings (SSSR count). The molecule has 0 aromatic carbocycles. The number of nitrogens with one attached hydrogen (secondary N) is 1. The zero-order chi connectivity index (χ0) is 20.5. The molecular formula is C19H36N2O5S2. The minimum absolute atomic E-state index is 0.140.